The maximum atomic E-state index is 2.62. The van der Waals surface area contributed by atoms with Gasteiger partial charge in [-0.2, -0.15) is 0 Å². The fourth-order valence-electron chi connectivity index (χ4n) is 11.0. The van der Waals surface area contributed by atoms with Gasteiger partial charge in [0.05, 0.1) is 5.52 Å². The first-order valence-corrected chi connectivity index (χ1v) is 24.1. The average molecular weight is 813 g/mol. The molecule has 0 saturated carbocycles. The first kappa shape index (κ1) is 41.5. The van der Waals surface area contributed by atoms with Crippen molar-refractivity contribution >= 4 is 213 Å². The summed E-state index contributed by atoms with van der Waals surface area (Å²) in [5.41, 5.74) is 24.0. The van der Waals surface area contributed by atoms with Gasteiger partial charge in [-0.25, -0.2) is 0 Å². The molecule has 10 aromatic rings. The summed E-state index contributed by atoms with van der Waals surface area (Å²) in [5, 5.41) is 5.42. The van der Waals surface area contributed by atoms with Crippen LogP contribution >= 0.6 is 10.0 Å². The molecule has 290 valence electrons. The number of hydrogen-bond donors (Lipinski definition) is 0. The van der Waals surface area contributed by atoms with Gasteiger partial charge in [0.1, 0.15) is 94.2 Å². The molecule has 8 aromatic carbocycles. The van der Waals surface area contributed by atoms with Crippen molar-refractivity contribution in [1.82, 2.24) is 9.13 Å². The predicted octanol–water partition coefficient (Wildman–Crippen LogP) is -7.68. The summed E-state index contributed by atoms with van der Waals surface area (Å²) in [6.45, 7) is 0. The lowest BCUT2D eigenvalue weighted by Gasteiger charge is -2.42. The zero-order valence-electron chi connectivity index (χ0n) is 39.0. The predicted molar refractivity (Wildman–Crippen MR) is 313 cm³/mol. The van der Waals surface area contributed by atoms with Gasteiger partial charge in [-0.05, 0) is 83.6 Å². The zero-order valence-corrected chi connectivity index (χ0v) is 39.8. The first-order chi connectivity index (χ1) is 30.3. The third-order valence-corrected chi connectivity index (χ3v) is 19.3. The van der Waals surface area contributed by atoms with Gasteiger partial charge in [-0.3, -0.25) is 0 Å². The zero-order chi connectivity index (χ0) is 44.2. The van der Waals surface area contributed by atoms with E-state index in [9.17, 15) is 0 Å². The monoisotopic (exact) mass is 814 g/mol. The minimum Gasteiger partial charge on any atom is -0.310 e. The highest BCUT2D eigenvalue weighted by molar-refractivity contribution is 8.34. The Labute approximate surface area is 384 Å². The summed E-state index contributed by atoms with van der Waals surface area (Å²) in [6.07, 6.45) is 0. The molecule has 2 heterocycles. The molecule has 0 aliphatic carbocycles. The van der Waals surface area contributed by atoms with Crippen LogP contribution in [-0.2, 0) is 0 Å². The fraction of sp³-hybridized carbons (Fsp3) is 0. The molecule has 0 radical (unpaired) electrons. The van der Waals surface area contributed by atoms with Crippen LogP contribution in [0.25, 0.3) is 55.0 Å². The highest BCUT2D eigenvalue weighted by atomic mass is 32.3. The van der Waals surface area contributed by atoms with Crippen molar-refractivity contribution in [2.45, 2.75) is 19.6 Å². The normalized spacial score (nSPS) is 12.2. The Morgan fingerprint density at radius 2 is 0.651 bits per heavy atom. The van der Waals surface area contributed by atoms with Crippen molar-refractivity contribution in [2.24, 2.45) is 0 Å². The Morgan fingerprint density at radius 3 is 1.10 bits per heavy atom. The number of hydrogen-bond acceptors (Lipinski definition) is 0. The summed E-state index contributed by atoms with van der Waals surface area (Å²) < 4.78 is 5.20. The topological polar surface area (TPSA) is 9.86 Å². The van der Waals surface area contributed by atoms with Crippen LogP contribution < -0.4 is 65.6 Å². The van der Waals surface area contributed by atoms with Crippen molar-refractivity contribution in [3.63, 3.8) is 0 Å². The molecule has 0 atom stereocenters. The van der Waals surface area contributed by atoms with Crippen LogP contribution in [0.5, 0.6) is 0 Å². The van der Waals surface area contributed by atoms with Crippen LogP contribution in [0.2, 0.25) is 0 Å². The van der Waals surface area contributed by atoms with E-state index in [4.69, 9.17) is 0 Å². The van der Waals surface area contributed by atoms with E-state index < -0.39 is 10.0 Å². The van der Waals surface area contributed by atoms with Crippen LogP contribution in [0.1, 0.15) is 0 Å². The highest BCUT2D eigenvalue weighted by Crippen LogP contribution is 2.73. The molecule has 0 amide bonds. The van der Waals surface area contributed by atoms with Gasteiger partial charge in [-0.1, -0.05) is 110 Å². The van der Waals surface area contributed by atoms with Gasteiger partial charge in [0.25, 0.3) is 0 Å². The van der Waals surface area contributed by atoms with Crippen molar-refractivity contribution in [2.75, 3.05) is 0 Å². The van der Waals surface area contributed by atoms with E-state index >= 15 is 0 Å². The minimum absolute atomic E-state index is 1.18. The summed E-state index contributed by atoms with van der Waals surface area (Å²) >= 11 is 0. The van der Waals surface area contributed by atoms with Crippen LogP contribution in [0, 0.1) is 0 Å². The molecule has 2 nitrogen and oxygen atoms in total. The van der Waals surface area contributed by atoms with E-state index in [0.717, 1.165) is 0 Å². The molecule has 0 aliphatic rings. The second-order valence-corrected chi connectivity index (χ2v) is 21.2. The number of nitrogens with zero attached hydrogens (tertiary/aromatic N) is 2. The van der Waals surface area contributed by atoms with E-state index in [-0.39, 0.29) is 0 Å². The van der Waals surface area contributed by atoms with Crippen LogP contribution in [-0.4, -0.2) is 103 Å². The molecular weight excluding hydrogens is 766 g/mol. The van der Waals surface area contributed by atoms with Gasteiger partial charge in [-0.15, -0.1) is 26.4 Å². The molecule has 0 bridgehead atoms. The van der Waals surface area contributed by atoms with Gasteiger partial charge in [0.15, 0.2) is 0 Å². The van der Waals surface area contributed by atoms with Crippen molar-refractivity contribution in [1.29, 1.82) is 0 Å². The van der Waals surface area contributed by atoms with E-state index in [0.29, 0.717) is 0 Å². The second kappa shape index (κ2) is 15.3. The lowest BCUT2D eigenvalue weighted by Crippen LogP contribution is -2.49. The molecule has 10 rings (SSSR count). The van der Waals surface area contributed by atoms with E-state index in [1.165, 1.54) is 140 Å². The maximum absolute atomic E-state index is 2.62. The van der Waals surface area contributed by atoms with E-state index in [2.05, 4.69) is 237 Å². The van der Waals surface area contributed by atoms with Crippen LogP contribution in [0.3, 0.4) is 0 Å². The maximum Gasteiger partial charge on any atom is 0.141 e. The Morgan fingerprint density at radius 1 is 0.286 bits per heavy atom. The molecule has 0 aliphatic heterocycles. The molecule has 0 N–H and O–H groups in total. The van der Waals surface area contributed by atoms with Crippen LogP contribution in [0.15, 0.2) is 153 Å². The van der Waals surface area contributed by atoms with Gasteiger partial charge >= 0.3 is 0 Å². The second-order valence-electron chi connectivity index (χ2n) is 18.1. The minimum atomic E-state index is -1.89. The summed E-state index contributed by atoms with van der Waals surface area (Å²) in [7, 11) is 26.0. The fourth-order valence-corrected chi connectivity index (χ4v) is 14.9. The van der Waals surface area contributed by atoms with E-state index in [1.807, 2.05) is 0 Å². The summed E-state index contributed by atoms with van der Waals surface area (Å²) in [4.78, 5) is 5.28. The number of benzene rings is 8. The third-order valence-electron chi connectivity index (χ3n) is 15.4. The van der Waals surface area contributed by atoms with Crippen molar-refractivity contribution in [3.8, 4) is 11.4 Å². The molecule has 0 spiro atoms. The van der Waals surface area contributed by atoms with Gasteiger partial charge < -0.3 is 9.13 Å². The Hall–Kier alpha value is -5.51. The average Bonchev–Trinajstić information content (AvgIpc) is 3.86. The first-order valence-electron chi connectivity index (χ1n) is 22.4. The number of aromatic nitrogens is 2. The van der Waals surface area contributed by atoms with Gasteiger partial charge in [0.2, 0.25) is 0 Å². The molecule has 63 heavy (non-hydrogen) atoms. The Balaban J connectivity index is 1.33. The van der Waals surface area contributed by atoms with Crippen molar-refractivity contribution < 1.29 is 0 Å². The molecular formula is C48H46B12N2S. The molecule has 0 unspecified atom stereocenters. The quantitative estimate of drug-likeness (QED) is 0.148. The number of fused-ring (bicyclic) bond motifs is 6. The molecule has 2 aromatic heterocycles. The lowest BCUT2D eigenvalue weighted by atomic mass is 9.63. The lowest BCUT2D eigenvalue weighted by molar-refractivity contribution is 1.15. The summed E-state index contributed by atoms with van der Waals surface area (Å²) in [5.74, 6) is 0. The molecule has 0 saturated heterocycles. The Bertz CT molecular complexity index is 3360. The molecule has 0 fully saturated rings. The highest BCUT2D eigenvalue weighted by Gasteiger charge is 2.34. The third kappa shape index (κ3) is 5.84. The molecule has 15 heteroatoms. The number of rotatable bonds is 6. The van der Waals surface area contributed by atoms with Crippen LogP contribution in [0.4, 0.5) is 0 Å². The van der Waals surface area contributed by atoms with Crippen molar-refractivity contribution in [3.05, 3.63) is 133 Å². The SMILES string of the molecule is Bc1c(B)c(B)c2c(c1B)c1cc(-n3c4c(B)c(B)c(B)c(B)c4c4c(B)c(B)c(B)c(B)c43)ccc1n2-c1cccc(S(c2ccccc2)(c2ccccc2)c2ccccc2)c1. The van der Waals surface area contributed by atoms with E-state index in [1.54, 1.807) is 0 Å². The largest absolute Gasteiger partial charge is 0.310 e. The Kier molecular flexibility index (Phi) is 10.1. The summed E-state index contributed by atoms with van der Waals surface area (Å²) in [6, 6.07) is 50.4. The smallest absolute Gasteiger partial charge is 0.141 e. The standard InChI is InChI=1S/C48H46B12N2S/c49-34-31-29-22-24(62-47-32(35(50)38(53)41(56)44(47)59)33-36(51)39(54)42(57)45(60)48(33)62)19-20-30(29)61(46(31)43(58)40(55)37(34)52)23-11-10-18-28(21-23)63(25-12-4-1-5-13-25,26-14-6-2-7-15-26)27-16-8-3-9-17-27/h1-22H,49-60H2. The van der Waals surface area contributed by atoms with Gasteiger partial charge in [0, 0.05) is 58.3 Å².